The van der Waals surface area contributed by atoms with Crippen molar-refractivity contribution < 1.29 is 29.0 Å². The monoisotopic (exact) mass is 261 g/mol. The number of methoxy groups -OCH3 is 1. The number of carbonyl (C=O) groups is 4. The van der Waals surface area contributed by atoms with Gasteiger partial charge in [-0.2, -0.15) is 0 Å². The number of carboxylic acids is 1. The number of carboxylic acid groups (broad SMARTS) is 1. The minimum Gasteiger partial charge on any atom is -0.480 e. The molecule has 0 saturated heterocycles. The second-order valence-electron chi connectivity index (χ2n) is 3.41. The lowest BCUT2D eigenvalue weighted by atomic mass is 10.2. The second kappa shape index (κ2) is 7.09. The van der Waals surface area contributed by atoms with Crippen molar-refractivity contribution in [2.45, 2.75) is 25.4 Å². The van der Waals surface area contributed by atoms with Crippen LogP contribution in [0.3, 0.4) is 0 Å². The molecule has 0 bridgehead atoms. The summed E-state index contributed by atoms with van der Waals surface area (Å²) in [5, 5.41) is 12.9. The van der Waals surface area contributed by atoms with E-state index in [1.54, 1.807) is 0 Å². The van der Waals surface area contributed by atoms with E-state index in [0.717, 1.165) is 7.11 Å². The highest BCUT2D eigenvalue weighted by Crippen LogP contribution is 1.96. The van der Waals surface area contributed by atoms with Crippen molar-refractivity contribution in [1.82, 2.24) is 10.6 Å². The Morgan fingerprint density at radius 2 is 1.83 bits per heavy atom. The molecule has 0 saturated carbocycles. The highest BCUT2D eigenvalue weighted by atomic mass is 16.5. The van der Waals surface area contributed by atoms with Gasteiger partial charge in [-0.3, -0.25) is 9.59 Å². The van der Waals surface area contributed by atoms with Gasteiger partial charge in [0, 0.05) is 0 Å². The summed E-state index contributed by atoms with van der Waals surface area (Å²) < 4.78 is 4.29. The minimum atomic E-state index is -1.43. The summed E-state index contributed by atoms with van der Waals surface area (Å²) in [6, 6.07) is -3.36. The Bertz CT molecular complexity index is 356. The molecule has 18 heavy (non-hydrogen) atoms. The Balaban J connectivity index is 4.49. The van der Waals surface area contributed by atoms with Gasteiger partial charge < -0.3 is 26.2 Å². The summed E-state index contributed by atoms with van der Waals surface area (Å²) in [6.07, 6.45) is -0.513. The zero-order valence-corrected chi connectivity index (χ0v) is 9.93. The first-order chi connectivity index (χ1) is 8.27. The minimum absolute atomic E-state index is 0.513. The van der Waals surface area contributed by atoms with Crippen molar-refractivity contribution in [3.63, 3.8) is 0 Å². The molecule has 2 atom stereocenters. The van der Waals surface area contributed by atoms with Crippen molar-refractivity contribution in [3.05, 3.63) is 0 Å². The van der Waals surface area contributed by atoms with E-state index >= 15 is 0 Å². The first kappa shape index (κ1) is 15.7. The van der Waals surface area contributed by atoms with Crippen LogP contribution in [0.2, 0.25) is 0 Å². The largest absolute Gasteiger partial charge is 0.480 e. The van der Waals surface area contributed by atoms with Gasteiger partial charge in [0.15, 0.2) is 0 Å². The Morgan fingerprint density at radius 3 is 2.22 bits per heavy atom. The van der Waals surface area contributed by atoms with Crippen LogP contribution in [0.5, 0.6) is 0 Å². The van der Waals surface area contributed by atoms with Crippen LogP contribution in [-0.4, -0.2) is 48.2 Å². The molecule has 9 nitrogen and oxygen atoms in total. The summed E-state index contributed by atoms with van der Waals surface area (Å²) >= 11 is 0. The Hall–Kier alpha value is -2.32. The van der Waals surface area contributed by atoms with E-state index in [9.17, 15) is 19.2 Å². The molecular weight excluding hydrogens is 246 g/mol. The van der Waals surface area contributed by atoms with Gasteiger partial charge in [-0.05, 0) is 6.92 Å². The fourth-order valence-corrected chi connectivity index (χ4v) is 1.03. The van der Waals surface area contributed by atoms with Crippen molar-refractivity contribution in [3.8, 4) is 0 Å². The molecule has 3 amide bonds. The van der Waals surface area contributed by atoms with E-state index in [2.05, 4.69) is 15.4 Å². The number of primary amides is 1. The standard InChI is InChI=1S/C9H15N3O6/c1-4(11-9(10)17)7(14)12-5(8(15)16)3-6(13)18-2/h4-5H,3H2,1-2H3,(H,12,14)(H,15,16)(H3,10,11,17)/t4?,5-/m0/s1. The average molecular weight is 261 g/mol. The summed E-state index contributed by atoms with van der Waals surface area (Å²) in [5.41, 5.74) is 4.80. The molecule has 0 rings (SSSR count). The lowest BCUT2D eigenvalue weighted by Gasteiger charge is -2.17. The van der Waals surface area contributed by atoms with Crippen molar-refractivity contribution in [2.75, 3.05) is 7.11 Å². The number of aliphatic carboxylic acids is 1. The fraction of sp³-hybridized carbons (Fsp3) is 0.556. The topological polar surface area (TPSA) is 148 Å². The van der Waals surface area contributed by atoms with Crippen LogP contribution in [0.1, 0.15) is 13.3 Å². The van der Waals surface area contributed by atoms with Crippen LogP contribution in [0.25, 0.3) is 0 Å². The van der Waals surface area contributed by atoms with E-state index < -0.39 is 42.4 Å². The third-order valence-electron chi connectivity index (χ3n) is 1.97. The molecule has 0 aromatic rings. The molecule has 5 N–H and O–H groups in total. The number of hydrogen-bond donors (Lipinski definition) is 4. The van der Waals surface area contributed by atoms with Gasteiger partial charge in [0.2, 0.25) is 5.91 Å². The van der Waals surface area contributed by atoms with Crippen LogP contribution < -0.4 is 16.4 Å². The number of ether oxygens (including phenoxy) is 1. The van der Waals surface area contributed by atoms with E-state index in [1.807, 2.05) is 0 Å². The molecule has 0 spiro atoms. The fourth-order valence-electron chi connectivity index (χ4n) is 1.03. The van der Waals surface area contributed by atoms with E-state index in [-0.39, 0.29) is 0 Å². The maximum Gasteiger partial charge on any atom is 0.326 e. The van der Waals surface area contributed by atoms with Crippen LogP contribution in [0.15, 0.2) is 0 Å². The summed E-state index contributed by atoms with van der Waals surface area (Å²) in [5.74, 6) is -2.94. The quantitative estimate of drug-likeness (QED) is 0.413. The molecule has 0 aliphatic heterocycles. The van der Waals surface area contributed by atoms with E-state index in [0.29, 0.717) is 0 Å². The number of nitrogens with two attached hydrogens (primary N) is 1. The number of rotatable bonds is 6. The molecule has 102 valence electrons. The molecule has 0 heterocycles. The molecule has 1 unspecified atom stereocenters. The van der Waals surface area contributed by atoms with Crippen molar-refractivity contribution in [1.29, 1.82) is 0 Å². The summed E-state index contributed by atoms with van der Waals surface area (Å²) in [4.78, 5) is 43.7. The summed E-state index contributed by atoms with van der Waals surface area (Å²) in [6.45, 7) is 1.32. The number of esters is 1. The molecule has 0 fully saturated rings. The lowest BCUT2D eigenvalue weighted by Crippen LogP contribution is -2.51. The maximum atomic E-state index is 11.5. The van der Waals surface area contributed by atoms with E-state index in [1.165, 1.54) is 6.92 Å². The lowest BCUT2D eigenvalue weighted by molar-refractivity contribution is -0.148. The Labute approximate surface area is 103 Å². The highest BCUT2D eigenvalue weighted by Gasteiger charge is 2.26. The number of nitrogens with one attached hydrogen (secondary N) is 2. The summed E-state index contributed by atoms with van der Waals surface area (Å²) in [7, 11) is 1.10. The van der Waals surface area contributed by atoms with Crippen LogP contribution >= 0.6 is 0 Å². The number of amides is 3. The van der Waals surface area contributed by atoms with Gasteiger partial charge >= 0.3 is 18.0 Å². The van der Waals surface area contributed by atoms with E-state index in [4.69, 9.17) is 10.8 Å². The highest BCUT2D eigenvalue weighted by molar-refractivity contribution is 5.91. The molecule has 0 aromatic carbocycles. The van der Waals surface area contributed by atoms with Crippen molar-refractivity contribution in [2.24, 2.45) is 5.73 Å². The first-order valence-corrected chi connectivity index (χ1v) is 4.94. The van der Waals surface area contributed by atoms with Gasteiger partial charge in [-0.15, -0.1) is 0 Å². The Kier molecular flexibility index (Phi) is 6.18. The Morgan fingerprint density at radius 1 is 1.28 bits per heavy atom. The molecule has 0 radical (unpaired) electrons. The molecule has 9 heteroatoms. The first-order valence-electron chi connectivity index (χ1n) is 4.94. The molecule has 0 aliphatic carbocycles. The molecular formula is C9H15N3O6. The van der Waals surface area contributed by atoms with Gasteiger partial charge in [0.05, 0.1) is 13.5 Å². The maximum absolute atomic E-state index is 11.5. The third-order valence-corrected chi connectivity index (χ3v) is 1.97. The normalized spacial score (nSPS) is 13.0. The van der Waals surface area contributed by atoms with Gasteiger partial charge in [0.25, 0.3) is 0 Å². The third kappa shape index (κ3) is 5.68. The predicted octanol–water partition coefficient (Wildman–Crippen LogP) is -1.82. The second-order valence-corrected chi connectivity index (χ2v) is 3.41. The van der Waals surface area contributed by atoms with Crippen molar-refractivity contribution >= 4 is 23.9 Å². The molecule has 0 aliphatic rings. The van der Waals surface area contributed by atoms with Crippen LogP contribution in [0.4, 0.5) is 4.79 Å². The zero-order valence-electron chi connectivity index (χ0n) is 9.93. The predicted molar refractivity (Wildman–Crippen MR) is 58.4 cm³/mol. The van der Waals surface area contributed by atoms with Crippen LogP contribution in [-0.2, 0) is 19.1 Å². The van der Waals surface area contributed by atoms with Gasteiger partial charge in [-0.1, -0.05) is 0 Å². The molecule has 0 aromatic heterocycles. The van der Waals surface area contributed by atoms with Gasteiger partial charge in [0.1, 0.15) is 12.1 Å². The average Bonchev–Trinajstić information content (AvgIpc) is 2.26. The SMILES string of the molecule is COC(=O)C[C@H](NC(=O)C(C)NC(N)=O)C(=O)O. The van der Waals surface area contributed by atoms with Crippen LogP contribution in [0, 0.1) is 0 Å². The number of hydrogen-bond acceptors (Lipinski definition) is 5. The number of carbonyl (C=O) groups excluding carboxylic acids is 3. The smallest absolute Gasteiger partial charge is 0.326 e. The zero-order chi connectivity index (χ0) is 14.3. The number of urea groups is 1. The van der Waals surface area contributed by atoms with Gasteiger partial charge in [-0.25, -0.2) is 9.59 Å².